The standard InChI is InChI=1S/C13H20BrNO2S/c1-4-6-9-15(3)18(16,17)13-8-7-12(14)10-11(13)5-2/h7-8,10H,4-6,9H2,1-3H3. The zero-order valence-corrected chi connectivity index (χ0v) is 13.5. The predicted molar refractivity (Wildman–Crippen MR) is 78.2 cm³/mol. The minimum Gasteiger partial charge on any atom is -0.207 e. The molecule has 0 aliphatic carbocycles. The van der Waals surface area contributed by atoms with Crippen LogP contribution in [0.2, 0.25) is 0 Å². The Morgan fingerprint density at radius 1 is 1.28 bits per heavy atom. The van der Waals surface area contributed by atoms with E-state index in [0.29, 0.717) is 17.9 Å². The maximum atomic E-state index is 12.4. The van der Waals surface area contributed by atoms with Crippen LogP contribution < -0.4 is 0 Å². The number of aryl methyl sites for hydroxylation is 1. The molecule has 1 aromatic rings. The third kappa shape index (κ3) is 3.56. The highest BCUT2D eigenvalue weighted by molar-refractivity contribution is 9.10. The van der Waals surface area contributed by atoms with Gasteiger partial charge in [0.25, 0.3) is 0 Å². The van der Waals surface area contributed by atoms with Gasteiger partial charge in [-0.05, 0) is 36.6 Å². The van der Waals surface area contributed by atoms with Crippen molar-refractivity contribution < 1.29 is 8.42 Å². The molecule has 0 heterocycles. The fourth-order valence-electron chi connectivity index (χ4n) is 1.74. The summed E-state index contributed by atoms with van der Waals surface area (Å²) in [7, 11) is -1.71. The normalized spacial score (nSPS) is 12.1. The second kappa shape index (κ2) is 6.68. The van der Waals surface area contributed by atoms with Gasteiger partial charge in [0.15, 0.2) is 0 Å². The van der Waals surface area contributed by atoms with E-state index in [2.05, 4.69) is 22.9 Å². The Kier molecular flexibility index (Phi) is 5.82. The van der Waals surface area contributed by atoms with Gasteiger partial charge in [0.05, 0.1) is 4.90 Å². The monoisotopic (exact) mass is 333 g/mol. The highest BCUT2D eigenvalue weighted by Crippen LogP contribution is 2.24. The number of halogens is 1. The molecule has 1 rings (SSSR count). The minimum atomic E-state index is -3.36. The molecule has 0 aliphatic heterocycles. The molecule has 0 fully saturated rings. The molecule has 0 unspecified atom stereocenters. The van der Waals surface area contributed by atoms with Crippen LogP contribution in [0.1, 0.15) is 32.3 Å². The third-order valence-corrected chi connectivity index (χ3v) is 5.37. The SMILES string of the molecule is CCCCN(C)S(=O)(=O)c1ccc(Br)cc1CC. The lowest BCUT2D eigenvalue weighted by Crippen LogP contribution is -2.28. The molecule has 0 bridgehead atoms. The summed E-state index contributed by atoms with van der Waals surface area (Å²) < 4.78 is 27.2. The van der Waals surface area contributed by atoms with Gasteiger partial charge in [-0.3, -0.25) is 0 Å². The second-order valence-corrected chi connectivity index (χ2v) is 7.21. The number of sulfonamides is 1. The average molecular weight is 334 g/mol. The fraction of sp³-hybridized carbons (Fsp3) is 0.538. The topological polar surface area (TPSA) is 37.4 Å². The van der Waals surface area contributed by atoms with E-state index < -0.39 is 10.0 Å². The molecule has 0 amide bonds. The van der Waals surface area contributed by atoms with Crippen LogP contribution in [0.15, 0.2) is 27.6 Å². The molecular weight excluding hydrogens is 314 g/mol. The van der Waals surface area contributed by atoms with Crippen molar-refractivity contribution in [2.45, 2.75) is 38.0 Å². The lowest BCUT2D eigenvalue weighted by molar-refractivity contribution is 0.458. The zero-order chi connectivity index (χ0) is 13.8. The molecule has 5 heteroatoms. The first kappa shape index (κ1) is 15.7. The molecule has 0 aliphatic rings. The van der Waals surface area contributed by atoms with Crippen LogP contribution in [-0.2, 0) is 16.4 Å². The smallest absolute Gasteiger partial charge is 0.207 e. The van der Waals surface area contributed by atoms with Gasteiger partial charge in [0.2, 0.25) is 10.0 Å². The van der Waals surface area contributed by atoms with E-state index in [-0.39, 0.29) is 0 Å². The summed E-state index contributed by atoms with van der Waals surface area (Å²) >= 11 is 3.37. The van der Waals surface area contributed by atoms with Crippen LogP contribution >= 0.6 is 15.9 Å². The van der Waals surface area contributed by atoms with Crippen molar-refractivity contribution in [1.29, 1.82) is 0 Å². The van der Waals surface area contributed by atoms with E-state index in [4.69, 9.17) is 0 Å². The first-order valence-corrected chi connectivity index (χ1v) is 8.41. The van der Waals surface area contributed by atoms with Gasteiger partial charge < -0.3 is 0 Å². The number of hydrogen-bond acceptors (Lipinski definition) is 2. The van der Waals surface area contributed by atoms with Gasteiger partial charge in [-0.1, -0.05) is 36.2 Å². The molecule has 0 saturated heterocycles. The first-order chi connectivity index (χ1) is 8.43. The summed E-state index contributed by atoms with van der Waals surface area (Å²) in [5.41, 5.74) is 0.854. The van der Waals surface area contributed by atoms with E-state index in [1.807, 2.05) is 13.0 Å². The molecule has 0 radical (unpaired) electrons. The number of benzene rings is 1. The Hall–Kier alpha value is -0.390. The highest BCUT2D eigenvalue weighted by atomic mass is 79.9. The predicted octanol–water partition coefficient (Wildman–Crippen LogP) is 3.43. The van der Waals surface area contributed by atoms with Crippen LogP contribution in [-0.4, -0.2) is 26.3 Å². The molecule has 0 N–H and O–H groups in total. The van der Waals surface area contributed by atoms with Crippen LogP contribution in [0.5, 0.6) is 0 Å². The zero-order valence-electron chi connectivity index (χ0n) is 11.1. The van der Waals surface area contributed by atoms with Crippen molar-refractivity contribution in [2.24, 2.45) is 0 Å². The van der Waals surface area contributed by atoms with Crippen LogP contribution in [0.4, 0.5) is 0 Å². The maximum absolute atomic E-state index is 12.4. The van der Waals surface area contributed by atoms with Gasteiger partial charge in [-0.15, -0.1) is 0 Å². The van der Waals surface area contributed by atoms with Gasteiger partial charge in [0.1, 0.15) is 0 Å². The minimum absolute atomic E-state index is 0.423. The third-order valence-electron chi connectivity index (χ3n) is 2.92. The van der Waals surface area contributed by atoms with E-state index in [9.17, 15) is 8.42 Å². The van der Waals surface area contributed by atoms with Crippen molar-refractivity contribution in [1.82, 2.24) is 4.31 Å². The molecule has 0 aromatic heterocycles. The van der Waals surface area contributed by atoms with Crippen LogP contribution in [0, 0.1) is 0 Å². The van der Waals surface area contributed by atoms with E-state index in [1.165, 1.54) is 4.31 Å². The quantitative estimate of drug-likeness (QED) is 0.799. The van der Waals surface area contributed by atoms with E-state index >= 15 is 0 Å². The summed E-state index contributed by atoms with van der Waals surface area (Å²) in [4.78, 5) is 0.423. The van der Waals surface area contributed by atoms with Gasteiger partial charge in [0, 0.05) is 18.1 Å². The summed E-state index contributed by atoms with van der Waals surface area (Å²) in [5, 5.41) is 0. The Labute approximate surface area is 118 Å². The summed E-state index contributed by atoms with van der Waals surface area (Å²) in [6, 6.07) is 5.33. The average Bonchev–Trinajstić information content (AvgIpc) is 2.35. The van der Waals surface area contributed by atoms with Crippen molar-refractivity contribution in [3.8, 4) is 0 Å². The van der Waals surface area contributed by atoms with Crippen molar-refractivity contribution in [2.75, 3.05) is 13.6 Å². The van der Waals surface area contributed by atoms with E-state index in [1.54, 1.807) is 19.2 Å². The lowest BCUT2D eigenvalue weighted by atomic mass is 10.2. The largest absolute Gasteiger partial charge is 0.243 e. The Bertz CT molecular complexity index is 500. The Balaban J connectivity index is 3.12. The lowest BCUT2D eigenvalue weighted by Gasteiger charge is -2.19. The highest BCUT2D eigenvalue weighted by Gasteiger charge is 2.22. The number of nitrogens with zero attached hydrogens (tertiary/aromatic N) is 1. The molecule has 3 nitrogen and oxygen atoms in total. The first-order valence-electron chi connectivity index (χ1n) is 6.18. The van der Waals surface area contributed by atoms with Crippen molar-refractivity contribution in [3.05, 3.63) is 28.2 Å². The second-order valence-electron chi connectivity index (χ2n) is 4.29. The number of hydrogen-bond donors (Lipinski definition) is 0. The molecule has 0 atom stereocenters. The number of rotatable bonds is 6. The Morgan fingerprint density at radius 3 is 2.50 bits per heavy atom. The molecule has 1 aromatic carbocycles. The maximum Gasteiger partial charge on any atom is 0.243 e. The molecule has 18 heavy (non-hydrogen) atoms. The summed E-state index contributed by atoms with van der Waals surface area (Å²) in [6.45, 7) is 4.59. The number of unbranched alkanes of at least 4 members (excludes halogenated alkanes) is 1. The van der Waals surface area contributed by atoms with Crippen molar-refractivity contribution in [3.63, 3.8) is 0 Å². The molecule has 0 saturated carbocycles. The van der Waals surface area contributed by atoms with Crippen LogP contribution in [0.25, 0.3) is 0 Å². The van der Waals surface area contributed by atoms with Crippen LogP contribution in [0.3, 0.4) is 0 Å². The van der Waals surface area contributed by atoms with Crippen molar-refractivity contribution >= 4 is 26.0 Å². The van der Waals surface area contributed by atoms with Gasteiger partial charge in [-0.2, -0.15) is 0 Å². The summed E-state index contributed by atoms with van der Waals surface area (Å²) in [6.07, 6.45) is 2.57. The molecule has 0 spiro atoms. The fourth-order valence-corrected chi connectivity index (χ4v) is 3.63. The molecular formula is C13H20BrNO2S. The summed E-state index contributed by atoms with van der Waals surface area (Å²) in [5.74, 6) is 0. The van der Waals surface area contributed by atoms with Gasteiger partial charge >= 0.3 is 0 Å². The van der Waals surface area contributed by atoms with Gasteiger partial charge in [-0.25, -0.2) is 12.7 Å². The van der Waals surface area contributed by atoms with E-state index in [0.717, 1.165) is 22.9 Å². The Morgan fingerprint density at radius 2 is 1.94 bits per heavy atom. The molecule has 102 valence electrons.